The van der Waals surface area contributed by atoms with Gasteiger partial charge < -0.3 is 0 Å². The Labute approximate surface area is 96.3 Å². The van der Waals surface area contributed by atoms with Gasteiger partial charge in [-0.25, -0.2) is 0 Å². The molecular weight excluding hydrogens is 289 g/mol. The molecule has 2 rings (SSSR count). The van der Waals surface area contributed by atoms with E-state index in [9.17, 15) is 0 Å². The van der Waals surface area contributed by atoms with Crippen LogP contribution < -0.4 is 0 Å². The number of hydrogen-bond acceptors (Lipinski definition) is 2. The minimum absolute atomic E-state index is 1.04. The quantitative estimate of drug-likeness (QED) is 0.757. The lowest BCUT2D eigenvalue weighted by atomic mass is 10.2. The van der Waals surface area contributed by atoms with Gasteiger partial charge in [-0.05, 0) is 41.6 Å². The van der Waals surface area contributed by atoms with E-state index in [-0.39, 0.29) is 0 Å². The molecule has 72 valence electrons. The van der Waals surface area contributed by atoms with Crippen molar-refractivity contribution in [2.45, 2.75) is 6.92 Å². The molecule has 2 aromatic rings. The molecule has 0 N–H and O–H groups in total. The number of aromatic nitrogens is 3. The summed E-state index contributed by atoms with van der Waals surface area (Å²) >= 11 is 2.33. The SMILES string of the molecule is Cc1c(I)c(-c2ccncc2)nn1C. The molecule has 0 radical (unpaired) electrons. The third-order valence-corrected chi connectivity index (χ3v) is 3.51. The van der Waals surface area contributed by atoms with Crippen LogP contribution in [0.2, 0.25) is 0 Å². The minimum atomic E-state index is 1.04. The molecule has 0 fully saturated rings. The molecule has 0 bridgehead atoms. The Balaban J connectivity index is 2.58. The minimum Gasteiger partial charge on any atom is -0.271 e. The topological polar surface area (TPSA) is 30.7 Å². The van der Waals surface area contributed by atoms with E-state index >= 15 is 0 Å². The second-order valence-corrected chi connectivity index (χ2v) is 4.19. The van der Waals surface area contributed by atoms with Gasteiger partial charge in [0, 0.05) is 30.7 Å². The molecule has 0 aliphatic rings. The summed E-state index contributed by atoms with van der Waals surface area (Å²) in [6, 6.07) is 3.95. The van der Waals surface area contributed by atoms with E-state index in [2.05, 4.69) is 39.6 Å². The second-order valence-electron chi connectivity index (χ2n) is 3.11. The van der Waals surface area contributed by atoms with Crippen LogP contribution in [0.4, 0.5) is 0 Å². The Morgan fingerprint density at radius 1 is 1.29 bits per heavy atom. The first kappa shape index (κ1) is 9.64. The summed E-state index contributed by atoms with van der Waals surface area (Å²) in [6.07, 6.45) is 3.57. The zero-order chi connectivity index (χ0) is 10.1. The highest BCUT2D eigenvalue weighted by atomic mass is 127. The van der Waals surface area contributed by atoms with Gasteiger partial charge >= 0.3 is 0 Å². The standard InChI is InChI=1S/C10H10IN3/c1-7-9(11)10(13-14(7)2)8-3-5-12-6-4-8/h3-6H,1-2H3. The molecule has 3 nitrogen and oxygen atoms in total. The highest BCUT2D eigenvalue weighted by Gasteiger charge is 2.11. The summed E-state index contributed by atoms with van der Waals surface area (Å²) in [7, 11) is 1.96. The number of nitrogens with zero attached hydrogens (tertiary/aromatic N) is 3. The van der Waals surface area contributed by atoms with Crippen molar-refractivity contribution in [2.75, 3.05) is 0 Å². The molecule has 0 aliphatic carbocycles. The molecule has 0 unspecified atom stereocenters. The van der Waals surface area contributed by atoms with Crippen LogP contribution in [0.5, 0.6) is 0 Å². The van der Waals surface area contributed by atoms with Gasteiger partial charge in [0.2, 0.25) is 0 Å². The number of pyridine rings is 1. The molecule has 0 spiro atoms. The third-order valence-electron chi connectivity index (χ3n) is 2.21. The van der Waals surface area contributed by atoms with Crippen LogP contribution in [0.25, 0.3) is 11.3 Å². The van der Waals surface area contributed by atoms with Crippen LogP contribution in [0.15, 0.2) is 24.5 Å². The van der Waals surface area contributed by atoms with Gasteiger partial charge in [0.05, 0.1) is 3.57 Å². The molecule has 4 heteroatoms. The van der Waals surface area contributed by atoms with Gasteiger partial charge in [0.1, 0.15) is 5.69 Å². The van der Waals surface area contributed by atoms with E-state index in [0.717, 1.165) is 11.3 Å². The fraction of sp³-hybridized carbons (Fsp3) is 0.200. The van der Waals surface area contributed by atoms with Gasteiger partial charge in [-0.3, -0.25) is 9.67 Å². The fourth-order valence-corrected chi connectivity index (χ4v) is 2.04. The predicted octanol–water partition coefficient (Wildman–Crippen LogP) is 2.40. The van der Waals surface area contributed by atoms with E-state index in [1.54, 1.807) is 12.4 Å². The lowest BCUT2D eigenvalue weighted by molar-refractivity contribution is 0.742. The van der Waals surface area contributed by atoms with Crippen LogP contribution >= 0.6 is 22.6 Å². The zero-order valence-corrected chi connectivity index (χ0v) is 10.2. The smallest absolute Gasteiger partial charge is 0.106 e. The second kappa shape index (κ2) is 3.68. The summed E-state index contributed by atoms with van der Waals surface area (Å²) in [4.78, 5) is 3.99. The van der Waals surface area contributed by atoms with Gasteiger partial charge in [0.25, 0.3) is 0 Å². The van der Waals surface area contributed by atoms with Crippen LogP contribution in [-0.2, 0) is 7.05 Å². The summed E-state index contributed by atoms with van der Waals surface area (Å²) in [5, 5.41) is 4.46. The zero-order valence-electron chi connectivity index (χ0n) is 8.03. The first-order valence-corrected chi connectivity index (χ1v) is 5.37. The van der Waals surface area contributed by atoms with Crippen molar-refractivity contribution in [3.63, 3.8) is 0 Å². The molecule has 0 aliphatic heterocycles. The van der Waals surface area contributed by atoms with Gasteiger partial charge in [-0.15, -0.1) is 0 Å². The largest absolute Gasteiger partial charge is 0.271 e. The average Bonchev–Trinajstić information content (AvgIpc) is 2.47. The van der Waals surface area contributed by atoms with Crippen LogP contribution in [0.3, 0.4) is 0 Å². The van der Waals surface area contributed by atoms with Crippen molar-refractivity contribution in [3.05, 3.63) is 33.8 Å². The molecule has 0 saturated carbocycles. The first-order chi connectivity index (χ1) is 6.70. The number of rotatable bonds is 1. The number of halogens is 1. The van der Waals surface area contributed by atoms with Crippen molar-refractivity contribution < 1.29 is 0 Å². The summed E-state index contributed by atoms with van der Waals surface area (Å²) in [5.74, 6) is 0. The van der Waals surface area contributed by atoms with Crippen LogP contribution in [0, 0.1) is 10.5 Å². The molecule has 14 heavy (non-hydrogen) atoms. The van der Waals surface area contributed by atoms with Crippen molar-refractivity contribution in [2.24, 2.45) is 7.05 Å². The van der Waals surface area contributed by atoms with Crippen LogP contribution in [0.1, 0.15) is 5.69 Å². The summed E-state index contributed by atoms with van der Waals surface area (Å²) in [5.41, 5.74) is 3.35. The Bertz CT molecular complexity index is 448. The molecule has 2 heterocycles. The summed E-state index contributed by atoms with van der Waals surface area (Å²) in [6.45, 7) is 2.07. The van der Waals surface area contributed by atoms with E-state index in [4.69, 9.17) is 0 Å². The summed E-state index contributed by atoms with van der Waals surface area (Å²) < 4.78 is 3.11. The maximum absolute atomic E-state index is 4.46. The molecule has 0 aromatic carbocycles. The molecule has 0 saturated heterocycles. The molecule has 2 aromatic heterocycles. The molecule has 0 amide bonds. The highest BCUT2D eigenvalue weighted by molar-refractivity contribution is 14.1. The van der Waals surface area contributed by atoms with Gasteiger partial charge in [0.15, 0.2) is 0 Å². The normalized spacial score (nSPS) is 10.5. The Morgan fingerprint density at radius 3 is 2.43 bits per heavy atom. The van der Waals surface area contributed by atoms with E-state index in [1.165, 1.54) is 9.26 Å². The molecule has 0 atom stereocenters. The maximum Gasteiger partial charge on any atom is 0.106 e. The predicted molar refractivity (Wildman–Crippen MR) is 63.9 cm³/mol. The van der Waals surface area contributed by atoms with Gasteiger partial charge in [-0.1, -0.05) is 0 Å². The molecular formula is C10H10IN3. The number of aryl methyl sites for hydroxylation is 1. The Kier molecular flexibility index (Phi) is 2.54. The van der Waals surface area contributed by atoms with Crippen molar-refractivity contribution in [3.8, 4) is 11.3 Å². The highest BCUT2D eigenvalue weighted by Crippen LogP contribution is 2.25. The monoisotopic (exact) mass is 299 g/mol. The van der Waals surface area contributed by atoms with E-state index in [0.29, 0.717) is 0 Å². The van der Waals surface area contributed by atoms with E-state index in [1.807, 2.05) is 23.9 Å². The van der Waals surface area contributed by atoms with Crippen molar-refractivity contribution in [1.29, 1.82) is 0 Å². The number of hydrogen-bond donors (Lipinski definition) is 0. The van der Waals surface area contributed by atoms with Crippen molar-refractivity contribution in [1.82, 2.24) is 14.8 Å². The van der Waals surface area contributed by atoms with Crippen LogP contribution in [-0.4, -0.2) is 14.8 Å². The fourth-order valence-electron chi connectivity index (χ4n) is 1.28. The van der Waals surface area contributed by atoms with Crippen molar-refractivity contribution >= 4 is 22.6 Å². The third kappa shape index (κ3) is 1.54. The maximum atomic E-state index is 4.46. The van der Waals surface area contributed by atoms with E-state index < -0.39 is 0 Å². The lowest BCUT2D eigenvalue weighted by Gasteiger charge is -1.95. The Hall–Kier alpha value is -0.910. The first-order valence-electron chi connectivity index (χ1n) is 4.29. The Morgan fingerprint density at radius 2 is 1.93 bits per heavy atom. The van der Waals surface area contributed by atoms with Gasteiger partial charge in [-0.2, -0.15) is 5.10 Å². The average molecular weight is 299 g/mol. The lowest BCUT2D eigenvalue weighted by Crippen LogP contribution is -1.92.